The standard InChI is InChI=1S/C42H83NO3/c1-3-5-7-9-11-13-15-17-19-20-21-22-24-26-28-30-32-34-36-38-42(46)43-40(39-44)41(45)37-35-33-31-29-27-25-23-18-16-14-12-10-8-6-4-2/h17,19,40-41,44-45H,3-16,18,20-39H2,1-2H3,(H,43,46)/b19-17+/t40-,41+/m0/s1. The molecule has 0 aromatic heterocycles. The van der Waals surface area contributed by atoms with Crippen molar-refractivity contribution in [3.63, 3.8) is 0 Å². The van der Waals surface area contributed by atoms with Crippen molar-refractivity contribution in [2.45, 2.75) is 244 Å². The van der Waals surface area contributed by atoms with Gasteiger partial charge in [-0.05, 0) is 38.5 Å². The Labute approximate surface area is 288 Å². The molecule has 0 saturated carbocycles. The predicted octanol–water partition coefficient (Wildman–Crippen LogP) is 12.7. The first kappa shape index (κ1) is 45.1. The molecule has 4 nitrogen and oxygen atoms in total. The maximum absolute atomic E-state index is 12.4. The molecule has 0 heterocycles. The minimum absolute atomic E-state index is 0.0318. The van der Waals surface area contributed by atoms with E-state index in [1.165, 1.54) is 180 Å². The number of hydrogen-bond acceptors (Lipinski definition) is 3. The van der Waals surface area contributed by atoms with Crippen LogP contribution in [0.4, 0.5) is 0 Å². The topological polar surface area (TPSA) is 69.6 Å². The Hall–Kier alpha value is -0.870. The fourth-order valence-electron chi connectivity index (χ4n) is 6.53. The number of carbonyl (C=O) groups is 1. The third kappa shape index (κ3) is 34.5. The smallest absolute Gasteiger partial charge is 0.220 e. The first-order chi connectivity index (χ1) is 22.7. The normalized spacial score (nSPS) is 13.0. The molecule has 0 bridgehead atoms. The third-order valence-electron chi connectivity index (χ3n) is 9.78. The number of carbonyl (C=O) groups excluding carboxylic acids is 1. The Bertz CT molecular complexity index is 622. The number of nitrogens with one attached hydrogen (secondary N) is 1. The number of amides is 1. The van der Waals surface area contributed by atoms with E-state index in [4.69, 9.17) is 0 Å². The molecule has 0 aliphatic carbocycles. The lowest BCUT2D eigenvalue weighted by Gasteiger charge is -2.22. The summed E-state index contributed by atoms with van der Waals surface area (Å²) in [4.78, 5) is 12.4. The lowest BCUT2D eigenvalue weighted by molar-refractivity contribution is -0.123. The van der Waals surface area contributed by atoms with Crippen molar-refractivity contribution in [1.29, 1.82) is 0 Å². The summed E-state index contributed by atoms with van der Waals surface area (Å²) in [5.74, 6) is -0.0318. The first-order valence-electron chi connectivity index (χ1n) is 20.9. The summed E-state index contributed by atoms with van der Waals surface area (Å²) in [6.45, 7) is 4.36. The van der Waals surface area contributed by atoms with Gasteiger partial charge < -0.3 is 15.5 Å². The minimum atomic E-state index is -0.656. The van der Waals surface area contributed by atoms with Crippen LogP contribution in [0.5, 0.6) is 0 Å². The average Bonchev–Trinajstić information content (AvgIpc) is 3.06. The third-order valence-corrected chi connectivity index (χ3v) is 9.78. The van der Waals surface area contributed by atoms with Crippen LogP contribution < -0.4 is 5.32 Å². The zero-order valence-electron chi connectivity index (χ0n) is 31.4. The largest absolute Gasteiger partial charge is 0.394 e. The molecule has 0 aromatic carbocycles. The van der Waals surface area contributed by atoms with E-state index in [1.807, 2.05) is 0 Å². The van der Waals surface area contributed by atoms with E-state index in [1.54, 1.807) is 0 Å². The second kappa shape index (κ2) is 38.6. The Morgan fingerprint density at radius 2 is 0.826 bits per heavy atom. The van der Waals surface area contributed by atoms with E-state index in [9.17, 15) is 15.0 Å². The van der Waals surface area contributed by atoms with Crippen molar-refractivity contribution < 1.29 is 15.0 Å². The molecule has 274 valence electrons. The van der Waals surface area contributed by atoms with Gasteiger partial charge in [-0.25, -0.2) is 0 Å². The molecule has 46 heavy (non-hydrogen) atoms. The van der Waals surface area contributed by atoms with Gasteiger partial charge in [0.15, 0.2) is 0 Å². The molecule has 0 unspecified atom stereocenters. The van der Waals surface area contributed by atoms with Crippen LogP contribution >= 0.6 is 0 Å². The number of aliphatic hydroxyl groups is 2. The highest BCUT2D eigenvalue weighted by Gasteiger charge is 2.19. The average molecular weight is 650 g/mol. The molecule has 3 N–H and O–H groups in total. The highest BCUT2D eigenvalue weighted by Crippen LogP contribution is 2.16. The molecule has 1 amide bonds. The Balaban J connectivity index is 3.51. The molecule has 2 atom stereocenters. The number of allylic oxidation sites excluding steroid dienone is 2. The second-order valence-corrected chi connectivity index (χ2v) is 14.4. The molecular weight excluding hydrogens is 566 g/mol. The molecule has 0 aliphatic rings. The monoisotopic (exact) mass is 650 g/mol. The lowest BCUT2D eigenvalue weighted by atomic mass is 10.0. The van der Waals surface area contributed by atoms with E-state index in [0.717, 1.165) is 25.7 Å². The van der Waals surface area contributed by atoms with Gasteiger partial charge in [0.25, 0.3) is 0 Å². The summed E-state index contributed by atoms with van der Waals surface area (Å²) in [5.41, 5.74) is 0. The summed E-state index contributed by atoms with van der Waals surface area (Å²) in [6, 6.07) is -0.532. The summed E-state index contributed by atoms with van der Waals surface area (Å²) >= 11 is 0. The molecule has 0 fully saturated rings. The molecule has 0 saturated heterocycles. The fourth-order valence-corrected chi connectivity index (χ4v) is 6.53. The van der Waals surface area contributed by atoms with Crippen LogP contribution in [-0.2, 0) is 4.79 Å². The van der Waals surface area contributed by atoms with Gasteiger partial charge >= 0.3 is 0 Å². The predicted molar refractivity (Wildman–Crippen MR) is 202 cm³/mol. The molecule has 4 heteroatoms. The van der Waals surface area contributed by atoms with Crippen LogP contribution in [0.1, 0.15) is 232 Å². The molecule has 0 spiro atoms. The zero-order chi connectivity index (χ0) is 33.6. The summed E-state index contributed by atoms with van der Waals surface area (Å²) < 4.78 is 0. The van der Waals surface area contributed by atoms with Gasteiger partial charge in [0.05, 0.1) is 18.8 Å². The molecule has 0 aliphatic heterocycles. The number of rotatable bonds is 38. The van der Waals surface area contributed by atoms with Crippen molar-refractivity contribution in [3.05, 3.63) is 12.2 Å². The Morgan fingerprint density at radius 3 is 1.20 bits per heavy atom. The van der Waals surface area contributed by atoms with E-state index in [-0.39, 0.29) is 12.5 Å². The quantitative estimate of drug-likeness (QED) is 0.0460. The van der Waals surface area contributed by atoms with Crippen LogP contribution in [-0.4, -0.2) is 34.9 Å². The minimum Gasteiger partial charge on any atom is -0.394 e. The van der Waals surface area contributed by atoms with Crippen molar-refractivity contribution in [2.75, 3.05) is 6.61 Å². The Morgan fingerprint density at radius 1 is 0.500 bits per heavy atom. The highest BCUT2D eigenvalue weighted by molar-refractivity contribution is 5.76. The maximum Gasteiger partial charge on any atom is 0.220 e. The second-order valence-electron chi connectivity index (χ2n) is 14.4. The highest BCUT2D eigenvalue weighted by atomic mass is 16.3. The van der Waals surface area contributed by atoms with Crippen molar-refractivity contribution in [1.82, 2.24) is 5.32 Å². The first-order valence-corrected chi connectivity index (χ1v) is 20.9. The van der Waals surface area contributed by atoms with Crippen molar-refractivity contribution in [2.24, 2.45) is 0 Å². The van der Waals surface area contributed by atoms with Gasteiger partial charge in [-0.2, -0.15) is 0 Å². The zero-order valence-corrected chi connectivity index (χ0v) is 31.4. The summed E-state index contributed by atoms with van der Waals surface area (Å²) in [5, 5.41) is 23.1. The van der Waals surface area contributed by atoms with Crippen LogP contribution in [0.3, 0.4) is 0 Å². The van der Waals surface area contributed by atoms with Gasteiger partial charge in [-0.15, -0.1) is 0 Å². The van der Waals surface area contributed by atoms with Crippen LogP contribution in [0.25, 0.3) is 0 Å². The van der Waals surface area contributed by atoms with Gasteiger partial charge in [0.2, 0.25) is 5.91 Å². The van der Waals surface area contributed by atoms with Gasteiger partial charge in [-0.1, -0.05) is 199 Å². The van der Waals surface area contributed by atoms with E-state index >= 15 is 0 Å². The van der Waals surface area contributed by atoms with E-state index in [2.05, 4.69) is 31.3 Å². The number of unbranched alkanes of at least 4 members (excludes halogenated alkanes) is 29. The SMILES string of the molecule is CCCCCCCC/C=C/CCCCCCCCCCCC(=O)N[C@@H](CO)[C@H](O)CCCCCCCCCCCCCCCCC. The number of aliphatic hydroxyl groups excluding tert-OH is 2. The maximum atomic E-state index is 12.4. The van der Waals surface area contributed by atoms with Gasteiger partial charge in [0, 0.05) is 6.42 Å². The Kier molecular flexibility index (Phi) is 37.8. The van der Waals surface area contributed by atoms with Crippen LogP contribution in [0, 0.1) is 0 Å². The van der Waals surface area contributed by atoms with Crippen LogP contribution in [0.2, 0.25) is 0 Å². The molecule has 0 radical (unpaired) electrons. The van der Waals surface area contributed by atoms with Crippen molar-refractivity contribution in [3.8, 4) is 0 Å². The number of hydrogen-bond donors (Lipinski definition) is 3. The summed E-state index contributed by atoms with van der Waals surface area (Å²) in [7, 11) is 0. The van der Waals surface area contributed by atoms with E-state index < -0.39 is 12.1 Å². The van der Waals surface area contributed by atoms with Crippen LogP contribution in [0.15, 0.2) is 12.2 Å². The van der Waals surface area contributed by atoms with Gasteiger partial charge in [-0.3, -0.25) is 4.79 Å². The van der Waals surface area contributed by atoms with E-state index in [0.29, 0.717) is 12.8 Å². The molecule has 0 aromatic rings. The lowest BCUT2D eigenvalue weighted by Crippen LogP contribution is -2.45. The van der Waals surface area contributed by atoms with Crippen molar-refractivity contribution >= 4 is 5.91 Å². The molecular formula is C42H83NO3. The summed E-state index contributed by atoms with van der Waals surface area (Å²) in [6.07, 6.45) is 47.0. The van der Waals surface area contributed by atoms with Gasteiger partial charge in [0.1, 0.15) is 0 Å². The fraction of sp³-hybridized carbons (Fsp3) is 0.929. The molecule has 0 rings (SSSR count).